The van der Waals surface area contributed by atoms with E-state index in [0.717, 1.165) is 41.7 Å². The Hall–Kier alpha value is -2.27. The lowest BCUT2D eigenvalue weighted by atomic mass is 9.84. The quantitative estimate of drug-likeness (QED) is 0.352. The second kappa shape index (κ2) is 11.0. The van der Waals surface area contributed by atoms with Gasteiger partial charge in [-0.1, -0.05) is 66.2 Å². The van der Waals surface area contributed by atoms with Crippen LogP contribution in [0.1, 0.15) is 79.2 Å². The predicted octanol–water partition coefficient (Wildman–Crippen LogP) is 8.41. The number of allylic oxidation sites excluding steroid dienone is 1. The van der Waals surface area contributed by atoms with Gasteiger partial charge in [-0.25, -0.2) is 4.68 Å². The summed E-state index contributed by atoms with van der Waals surface area (Å²) in [5.74, 6) is 0.410. The number of aromatic nitrogens is 2. The van der Waals surface area contributed by atoms with Crippen LogP contribution in [0.2, 0.25) is 15.1 Å². The van der Waals surface area contributed by atoms with E-state index in [0.29, 0.717) is 32.4 Å². The fourth-order valence-corrected chi connectivity index (χ4v) is 6.14. The molecule has 0 spiro atoms. The lowest BCUT2D eigenvalue weighted by molar-refractivity contribution is 0.0912. The molecule has 36 heavy (non-hydrogen) atoms. The molecule has 2 aliphatic rings. The van der Waals surface area contributed by atoms with Crippen LogP contribution < -0.4 is 5.32 Å². The molecule has 0 radical (unpaired) electrons. The second-order valence-electron chi connectivity index (χ2n) is 9.92. The van der Waals surface area contributed by atoms with Gasteiger partial charge in [0.05, 0.1) is 16.4 Å². The highest BCUT2D eigenvalue weighted by Gasteiger charge is 2.30. The molecule has 7 heteroatoms. The molecule has 2 aliphatic carbocycles. The molecule has 0 aliphatic heterocycles. The topological polar surface area (TPSA) is 46.9 Å². The number of amides is 1. The van der Waals surface area contributed by atoms with Crippen LogP contribution in [0.4, 0.5) is 0 Å². The first-order valence-corrected chi connectivity index (χ1v) is 13.9. The van der Waals surface area contributed by atoms with Crippen molar-refractivity contribution in [1.82, 2.24) is 15.1 Å². The van der Waals surface area contributed by atoms with E-state index in [1.807, 2.05) is 35.0 Å². The second-order valence-corrected chi connectivity index (χ2v) is 11.2. The Morgan fingerprint density at radius 2 is 1.72 bits per heavy atom. The lowest BCUT2D eigenvalue weighted by Crippen LogP contribution is -2.39. The third kappa shape index (κ3) is 5.37. The van der Waals surface area contributed by atoms with E-state index >= 15 is 0 Å². The zero-order valence-electron chi connectivity index (χ0n) is 20.4. The maximum Gasteiger partial charge on any atom is 0.272 e. The standard InChI is InChI=1S/C29H30Cl3N3O/c1-18(20-6-3-2-4-7-20)33-29(36)27-24-9-5-8-21(16-19-10-12-22(30)13-11-19)28(24)35(34-27)26-15-14-23(31)17-25(26)32/h10-18,20H,2-9H2,1H3,(H,33,36)/t18-/m1/s1. The smallest absolute Gasteiger partial charge is 0.272 e. The van der Waals surface area contributed by atoms with Gasteiger partial charge in [0.2, 0.25) is 0 Å². The minimum Gasteiger partial charge on any atom is -0.348 e. The monoisotopic (exact) mass is 541 g/mol. The summed E-state index contributed by atoms with van der Waals surface area (Å²) in [7, 11) is 0. The maximum absolute atomic E-state index is 13.6. The summed E-state index contributed by atoms with van der Waals surface area (Å²) in [5.41, 5.74) is 5.28. The van der Waals surface area contributed by atoms with E-state index < -0.39 is 0 Å². The van der Waals surface area contributed by atoms with Gasteiger partial charge in [-0.15, -0.1) is 0 Å². The average Bonchev–Trinajstić information content (AvgIpc) is 3.26. The summed E-state index contributed by atoms with van der Waals surface area (Å²) in [6.07, 6.45) is 10.9. The molecule has 1 N–H and O–H groups in total. The Balaban J connectivity index is 1.57. The number of hydrogen-bond acceptors (Lipinski definition) is 2. The van der Waals surface area contributed by atoms with Crippen molar-refractivity contribution in [2.24, 2.45) is 5.92 Å². The zero-order valence-corrected chi connectivity index (χ0v) is 22.6. The van der Waals surface area contributed by atoms with Crippen molar-refractivity contribution in [3.63, 3.8) is 0 Å². The fourth-order valence-electron chi connectivity index (χ4n) is 5.53. The normalized spacial score (nSPS) is 18.2. The first kappa shape index (κ1) is 25.4. The van der Waals surface area contributed by atoms with Gasteiger partial charge in [-0.3, -0.25) is 4.79 Å². The molecule has 1 atom stereocenters. The molecule has 4 nitrogen and oxygen atoms in total. The lowest BCUT2D eigenvalue weighted by Gasteiger charge is -2.28. The van der Waals surface area contributed by atoms with E-state index in [2.05, 4.69) is 18.3 Å². The molecule has 0 unspecified atom stereocenters. The highest BCUT2D eigenvalue weighted by molar-refractivity contribution is 6.35. The molecule has 188 valence electrons. The molecule has 2 aromatic carbocycles. The molecule has 1 heterocycles. The third-order valence-electron chi connectivity index (χ3n) is 7.44. The number of carbonyl (C=O) groups excluding carboxylic acids is 1. The van der Waals surface area contributed by atoms with E-state index in [9.17, 15) is 4.79 Å². The Kier molecular flexibility index (Phi) is 7.76. The number of nitrogens with one attached hydrogen (secondary N) is 1. The van der Waals surface area contributed by atoms with Crippen LogP contribution in [-0.4, -0.2) is 21.7 Å². The number of hydrogen-bond donors (Lipinski definition) is 1. The van der Waals surface area contributed by atoms with Crippen LogP contribution in [0.3, 0.4) is 0 Å². The Bertz CT molecular complexity index is 1290. The van der Waals surface area contributed by atoms with Crippen molar-refractivity contribution in [3.8, 4) is 5.69 Å². The summed E-state index contributed by atoms with van der Waals surface area (Å²) >= 11 is 18.9. The number of benzene rings is 2. The Morgan fingerprint density at radius 1 is 1.00 bits per heavy atom. The van der Waals surface area contributed by atoms with E-state index in [-0.39, 0.29) is 11.9 Å². The van der Waals surface area contributed by atoms with Gasteiger partial charge in [0.15, 0.2) is 5.69 Å². The minimum absolute atomic E-state index is 0.110. The minimum atomic E-state index is -0.110. The van der Waals surface area contributed by atoms with Crippen molar-refractivity contribution in [2.75, 3.05) is 0 Å². The molecule has 3 aromatic rings. The van der Waals surface area contributed by atoms with Crippen molar-refractivity contribution in [2.45, 2.75) is 64.3 Å². The molecular formula is C29H30Cl3N3O. The third-order valence-corrected chi connectivity index (χ3v) is 8.23. The average molecular weight is 543 g/mol. The van der Waals surface area contributed by atoms with Crippen molar-refractivity contribution < 1.29 is 4.79 Å². The molecule has 1 amide bonds. The van der Waals surface area contributed by atoms with Gasteiger partial charge < -0.3 is 5.32 Å². The van der Waals surface area contributed by atoms with Gasteiger partial charge in [0, 0.05) is 21.7 Å². The van der Waals surface area contributed by atoms with Crippen LogP contribution in [0, 0.1) is 5.92 Å². The van der Waals surface area contributed by atoms with Crippen LogP contribution in [-0.2, 0) is 6.42 Å². The van der Waals surface area contributed by atoms with E-state index in [1.165, 1.54) is 32.1 Å². The number of nitrogens with zero attached hydrogens (tertiary/aromatic N) is 2. The zero-order chi connectivity index (χ0) is 25.2. The van der Waals surface area contributed by atoms with Crippen LogP contribution in [0.25, 0.3) is 17.3 Å². The number of rotatable bonds is 5. The maximum atomic E-state index is 13.6. The first-order chi connectivity index (χ1) is 17.4. The summed E-state index contributed by atoms with van der Waals surface area (Å²) in [6, 6.07) is 13.3. The molecule has 1 fully saturated rings. The molecular weight excluding hydrogens is 513 g/mol. The highest BCUT2D eigenvalue weighted by atomic mass is 35.5. The van der Waals surface area contributed by atoms with Crippen LogP contribution >= 0.6 is 34.8 Å². The van der Waals surface area contributed by atoms with Crippen molar-refractivity contribution >= 4 is 52.4 Å². The van der Waals surface area contributed by atoms with Gasteiger partial charge in [-0.05, 0) is 92.5 Å². The van der Waals surface area contributed by atoms with Crippen LogP contribution in [0.15, 0.2) is 42.5 Å². The number of halogens is 3. The Morgan fingerprint density at radius 3 is 2.44 bits per heavy atom. The number of fused-ring (bicyclic) bond motifs is 1. The SMILES string of the molecule is C[C@@H](NC(=O)c1nn(-c2ccc(Cl)cc2Cl)c2c1CCCC2=Cc1ccc(Cl)cc1)C1CCCCC1. The largest absolute Gasteiger partial charge is 0.348 e. The molecule has 0 bridgehead atoms. The molecule has 1 saturated carbocycles. The van der Waals surface area contributed by atoms with Gasteiger partial charge in [-0.2, -0.15) is 5.10 Å². The van der Waals surface area contributed by atoms with Crippen molar-refractivity contribution in [1.29, 1.82) is 0 Å². The summed E-state index contributed by atoms with van der Waals surface area (Å²) in [5, 5.41) is 9.89. The molecule has 0 saturated heterocycles. The fraction of sp³-hybridized carbons (Fsp3) is 0.379. The van der Waals surface area contributed by atoms with Crippen molar-refractivity contribution in [3.05, 3.63) is 80.0 Å². The predicted molar refractivity (Wildman–Crippen MR) is 149 cm³/mol. The summed E-state index contributed by atoms with van der Waals surface area (Å²) in [4.78, 5) is 13.6. The molecule has 1 aromatic heterocycles. The Labute approximate surface area is 227 Å². The molecule has 5 rings (SSSR count). The van der Waals surface area contributed by atoms with Crippen LogP contribution in [0.5, 0.6) is 0 Å². The summed E-state index contributed by atoms with van der Waals surface area (Å²) in [6.45, 7) is 2.12. The highest BCUT2D eigenvalue weighted by Crippen LogP contribution is 2.38. The van der Waals surface area contributed by atoms with E-state index in [4.69, 9.17) is 39.9 Å². The van der Waals surface area contributed by atoms with Gasteiger partial charge in [0.1, 0.15) is 0 Å². The van der Waals surface area contributed by atoms with E-state index in [1.54, 1.807) is 12.1 Å². The number of carbonyl (C=O) groups is 1. The van der Waals surface area contributed by atoms with Gasteiger partial charge in [0.25, 0.3) is 5.91 Å². The first-order valence-electron chi connectivity index (χ1n) is 12.8. The van der Waals surface area contributed by atoms with Gasteiger partial charge >= 0.3 is 0 Å². The summed E-state index contributed by atoms with van der Waals surface area (Å²) < 4.78 is 1.83.